The molecule has 8 fully saturated rings. The van der Waals surface area contributed by atoms with Crippen molar-refractivity contribution in [2.24, 2.45) is 27.7 Å². The van der Waals surface area contributed by atoms with Gasteiger partial charge in [-0.05, 0) is 114 Å². The Morgan fingerprint density at radius 2 is 1.77 bits per heavy atom. The fourth-order valence-electron chi connectivity index (χ4n) is 15.9. The summed E-state index contributed by atoms with van der Waals surface area (Å²) >= 11 is 1.37. The average molecular weight is 1180 g/mol. The number of likely N-dealkylation sites (tertiary alicyclic amines) is 2. The molecule has 10 aliphatic rings. The first-order valence-electron chi connectivity index (χ1n) is 31.2. The lowest BCUT2D eigenvalue weighted by molar-refractivity contribution is -0.155. The number of thiazole rings is 1. The maximum atomic E-state index is 15.3. The molecule has 10 heterocycles. The van der Waals surface area contributed by atoms with E-state index in [0.717, 1.165) is 77.8 Å². The molecule has 1 aromatic carbocycles. The summed E-state index contributed by atoms with van der Waals surface area (Å²) < 4.78 is 65.2. The average Bonchev–Trinajstić information content (AvgIpc) is 2.13. The van der Waals surface area contributed by atoms with Gasteiger partial charge in [-0.15, -0.1) is 11.3 Å². The number of esters is 1. The highest BCUT2D eigenvalue weighted by molar-refractivity contribution is 7.10. The maximum absolute atomic E-state index is 15.3. The minimum atomic E-state index is -4.59. The molecule has 3 aromatic rings. The lowest BCUT2D eigenvalue weighted by Gasteiger charge is -2.46. The Kier molecular flexibility index (Phi) is 16.0. The van der Waals surface area contributed by atoms with E-state index in [1.54, 1.807) is 13.2 Å². The standard InChI is InChI=1S/C62H84F3N11O7S/c1-37(81-5)51-44(26-41(29-66-51)72-22-21-71-23-24-82-31-42(71)30-72)54-45-28-60(2,3)36-83-59(80)46-11-8-18-76(69-46)57(78)47(27-50-67-48(32-84-50)40-14-15-49(43(45)25-40)75(54)35-62(63,64)65)68-56(77)53(38-9-6-7-10-38)73-19-16-61(33-73)17-20-74(34-61)58(79)55-52(70(55)4)39-12-13-39/h14-15,25,29,32,37-39,41-42,46-47,52-53,55,69H,6-13,16-24,26-28,30-31,33-36H2,1-5H3,(H,68,77)/t37-,41+,42-,46-,47-,52+,53-,55+,61-,70?/m0/s1. The van der Waals surface area contributed by atoms with Gasteiger partial charge in [0.15, 0.2) is 0 Å². The molecule has 84 heavy (non-hydrogen) atoms. The van der Waals surface area contributed by atoms with Gasteiger partial charge < -0.3 is 29.0 Å². The van der Waals surface area contributed by atoms with E-state index in [1.165, 1.54) is 33.8 Å². The van der Waals surface area contributed by atoms with Crippen molar-refractivity contribution in [1.82, 2.24) is 49.8 Å². The molecule has 8 aliphatic heterocycles. The number of nitrogens with zero attached hydrogens (tertiary/aromatic N) is 9. The van der Waals surface area contributed by atoms with Crippen molar-refractivity contribution in [2.45, 2.75) is 165 Å². The molecule has 456 valence electrons. The number of halogens is 3. The number of hydrazine groups is 1. The van der Waals surface area contributed by atoms with Crippen molar-refractivity contribution in [3.8, 4) is 11.3 Å². The van der Waals surface area contributed by atoms with Gasteiger partial charge in [-0.25, -0.2) is 10.4 Å². The number of methoxy groups -OCH3 is 1. The first-order chi connectivity index (χ1) is 40.3. The molecule has 2 aromatic heterocycles. The molecule has 6 bridgehead atoms. The quantitative estimate of drug-likeness (QED) is 0.166. The van der Waals surface area contributed by atoms with Crippen LogP contribution >= 0.6 is 11.3 Å². The van der Waals surface area contributed by atoms with Gasteiger partial charge in [0.2, 0.25) is 11.8 Å². The van der Waals surface area contributed by atoms with Gasteiger partial charge in [-0.3, -0.25) is 48.8 Å². The van der Waals surface area contributed by atoms with Gasteiger partial charge in [-0.1, -0.05) is 32.8 Å². The van der Waals surface area contributed by atoms with E-state index in [4.69, 9.17) is 24.2 Å². The number of carbonyl (C=O) groups excluding carboxylic acids is 4. The van der Waals surface area contributed by atoms with Crippen molar-refractivity contribution in [3.05, 3.63) is 45.5 Å². The van der Waals surface area contributed by atoms with Gasteiger partial charge in [0, 0.05) is 128 Å². The van der Waals surface area contributed by atoms with Gasteiger partial charge in [0.25, 0.3) is 5.91 Å². The van der Waals surface area contributed by atoms with E-state index in [2.05, 4.69) is 42.3 Å². The van der Waals surface area contributed by atoms with Crippen LogP contribution in [0.5, 0.6) is 0 Å². The summed E-state index contributed by atoms with van der Waals surface area (Å²) in [6.45, 7) is 12.3. The normalized spacial score (nSPS) is 31.8. The number of nitrogens with one attached hydrogen (secondary N) is 2. The van der Waals surface area contributed by atoms with Crippen LogP contribution in [0.1, 0.15) is 108 Å². The van der Waals surface area contributed by atoms with Crippen LogP contribution in [0.3, 0.4) is 0 Å². The number of rotatable bonds is 11. The largest absolute Gasteiger partial charge is 0.464 e. The molecule has 2 saturated carbocycles. The van der Waals surface area contributed by atoms with Crippen LogP contribution in [0, 0.1) is 22.7 Å². The zero-order valence-electron chi connectivity index (χ0n) is 49.5. The molecule has 22 heteroatoms. The number of hydrogen-bond acceptors (Lipinski definition) is 15. The Morgan fingerprint density at radius 1 is 0.976 bits per heavy atom. The highest BCUT2D eigenvalue weighted by atomic mass is 32.1. The van der Waals surface area contributed by atoms with Gasteiger partial charge in [0.1, 0.15) is 24.7 Å². The number of benzene rings is 1. The van der Waals surface area contributed by atoms with E-state index in [1.807, 2.05) is 44.5 Å². The first kappa shape index (κ1) is 58.2. The number of alkyl halides is 3. The second kappa shape index (κ2) is 23.0. The predicted octanol–water partition coefficient (Wildman–Crippen LogP) is 6.16. The second-order valence-electron chi connectivity index (χ2n) is 27.1. The number of piperazine rings is 1. The lowest BCUT2D eigenvalue weighted by atomic mass is 9.83. The summed E-state index contributed by atoms with van der Waals surface area (Å²) in [7, 11) is 3.66. The van der Waals surface area contributed by atoms with E-state index in [-0.39, 0.29) is 66.6 Å². The zero-order chi connectivity index (χ0) is 58.4. The van der Waals surface area contributed by atoms with Gasteiger partial charge >= 0.3 is 12.1 Å². The molecular formula is C62H84F3N11O7S. The molecular weight excluding hydrogens is 1100 g/mol. The van der Waals surface area contributed by atoms with Crippen LogP contribution in [0.15, 0.2) is 34.3 Å². The fraction of sp³-hybridized carbons (Fsp3) is 0.710. The SMILES string of the molecule is CO[C@@H](C)C1=C(c2c3c4cc(ccc4n2CC(F)(F)F)-c2csc(n2)C[C@H](NC(=O)[C@H](C2CCCC2)N2CC[C@]4(CCN(C(=O)[C@H]5[C@@H](C6CC6)N5C)C4)C2)C(=O)N2CCC[C@H](N2)C(=O)OCC(C)(C)C3)C[C@@H](N2CCN3CCOC[C@@H]3C2)C=N1. The molecule has 0 radical (unpaired) electrons. The molecule has 6 saturated heterocycles. The second-order valence-corrected chi connectivity index (χ2v) is 28.1. The van der Waals surface area contributed by atoms with Crippen LogP contribution in [0.4, 0.5) is 13.2 Å². The first-order valence-corrected chi connectivity index (χ1v) is 32.0. The number of ether oxygens (including phenoxy) is 3. The van der Waals surface area contributed by atoms with Crippen molar-refractivity contribution in [1.29, 1.82) is 0 Å². The highest BCUT2D eigenvalue weighted by Crippen LogP contribution is 2.49. The fourth-order valence-corrected chi connectivity index (χ4v) is 16.8. The number of morpholine rings is 1. The van der Waals surface area contributed by atoms with Crippen LogP contribution in [-0.4, -0.2) is 216 Å². The molecule has 1 unspecified atom stereocenters. The number of cyclic esters (lactones) is 1. The zero-order valence-corrected chi connectivity index (χ0v) is 50.3. The smallest absolute Gasteiger partial charge is 0.406 e. The summed E-state index contributed by atoms with van der Waals surface area (Å²) in [5.74, 6) is -0.111. The van der Waals surface area contributed by atoms with Crippen molar-refractivity contribution < 1.29 is 46.6 Å². The number of amides is 3. The third-order valence-electron chi connectivity index (χ3n) is 20.6. The summed E-state index contributed by atoms with van der Waals surface area (Å²) in [4.78, 5) is 80.3. The molecule has 3 amide bonds. The minimum absolute atomic E-state index is 0.0130. The molecule has 2 N–H and O–H groups in total. The predicted molar refractivity (Wildman–Crippen MR) is 313 cm³/mol. The maximum Gasteiger partial charge on any atom is 0.406 e. The van der Waals surface area contributed by atoms with Crippen LogP contribution < -0.4 is 10.7 Å². The Balaban J connectivity index is 0.832. The van der Waals surface area contributed by atoms with Gasteiger partial charge in [0.05, 0.1) is 54.1 Å². The number of likely N-dealkylation sites (N-methyl/N-ethyl adjacent to an activating group) is 1. The van der Waals surface area contributed by atoms with Crippen LogP contribution in [0.2, 0.25) is 0 Å². The number of aromatic nitrogens is 2. The lowest BCUT2D eigenvalue weighted by Crippen LogP contribution is -2.62. The Hall–Kier alpha value is -4.81. The molecule has 18 nitrogen and oxygen atoms in total. The number of carbonyl (C=O) groups is 4. The molecule has 1 spiro atoms. The molecule has 13 rings (SSSR count). The van der Waals surface area contributed by atoms with Crippen LogP contribution in [0.25, 0.3) is 27.7 Å². The summed E-state index contributed by atoms with van der Waals surface area (Å²) in [6.07, 6.45) is 6.53. The van der Waals surface area contributed by atoms with Crippen LogP contribution in [-0.2, 0) is 52.8 Å². The van der Waals surface area contributed by atoms with E-state index < -0.39 is 48.3 Å². The summed E-state index contributed by atoms with van der Waals surface area (Å²) in [6, 6.07) is 3.51. The molecule has 2 aliphatic carbocycles. The Morgan fingerprint density at radius 3 is 2.56 bits per heavy atom. The van der Waals surface area contributed by atoms with Crippen molar-refractivity contribution >= 4 is 57.7 Å². The molecule has 10 atom stereocenters. The number of fused-ring (bicyclic) bond motifs is 7. The van der Waals surface area contributed by atoms with E-state index in [0.29, 0.717) is 114 Å². The number of aliphatic imine (C=N–C) groups is 1. The van der Waals surface area contributed by atoms with E-state index >= 15 is 22.8 Å². The Bertz CT molecular complexity index is 3080. The summed E-state index contributed by atoms with van der Waals surface area (Å²) in [5, 5.41) is 7.90. The minimum Gasteiger partial charge on any atom is -0.464 e. The van der Waals surface area contributed by atoms with Gasteiger partial charge in [-0.2, -0.15) is 13.2 Å². The van der Waals surface area contributed by atoms with E-state index in [9.17, 15) is 9.59 Å². The third-order valence-corrected chi connectivity index (χ3v) is 21.5. The topological polar surface area (TPSA) is 169 Å². The highest BCUT2D eigenvalue weighted by Gasteiger charge is 2.59. The van der Waals surface area contributed by atoms with Crippen molar-refractivity contribution in [2.75, 3.05) is 92.9 Å². The Labute approximate surface area is 494 Å². The number of hydrogen-bond donors (Lipinski definition) is 2. The monoisotopic (exact) mass is 1180 g/mol. The third kappa shape index (κ3) is 11.6. The van der Waals surface area contributed by atoms with Crippen molar-refractivity contribution in [3.63, 3.8) is 0 Å². The summed E-state index contributed by atoms with van der Waals surface area (Å²) in [5.41, 5.74) is 6.40.